The molecule has 0 amide bonds. The molecular formula is C27H29NO11. The number of Topliss-reactive ketones (excluding diaryl/α,β-unsaturated/α-hetero) is 1. The molecule has 0 aromatic heterocycles. The quantitative estimate of drug-likeness (QED) is 0.235. The summed E-state index contributed by atoms with van der Waals surface area (Å²) >= 11 is 0. The van der Waals surface area contributed by atoms with E-state index in [4.69, 9.17) is 19.9 Å². The van der Waals surface area contributed by atoms with Crippen LogP contribution in [0.25, 0.3) is 0 Å². The molecule has 2 unspecified atom stereocenters. The molecular weight excluding hydrogens is 514 g/mol. The van der Waals surface area contributed by atoms with Crippen molar-refractivity contribution >= 4 is 17.3 Å². The fourth-order valence-electron chi connectivity index (χ4n) is 5.75. The molecule has 0 spiro atoms. The lowest BCUT2D eigenvalue weighted by molar-refractivity contribution is -0.247. The van der Waals surface area contributed by atoms with Gasteiger partial charge in [-0.25, -0.2) is 0 Å². The Kier molecular flexibility index (Phi) is 6.74. The first-order valence-corrected chi connectivity index (χ1v) is 12.4. The first-order valence-electron chi connectivity index (χ1n) is 12.4. The van der Waals surface area contributed by atoms with Gasteiger partial charge in [-0.3, -0.25) is 14.4 Å². The van der Waals surface area contributed by atoms with E-state index in [0.29, 0.717) is 0 Å². The topological polar surface area (TPSA) is 206 Å². The maximum atomic E-state index is 13.6. The Morgan fingerprint density at radius 3 is 2.49 bits per heavy atom. The van der Waals surface area contributed by atoms with Crippen molar-refractivity contribution in [2.24, 2.45) is 5.73 Å². The molecule has 1 fully saturated rings. The molecule has 2 aromatic rings. The number of aliphatic hydroxyl groups excluding tert-OH is 2. The Hall–Kier alpha value is -3.39. The van der Waals surface area contributed by atoms with Gasteiger partial charge in [-0.2, -0.15) is 0 Å². The van der Waals surface area contributed by atoms with Crippen LogP contribution in [-0.4, -0.2) is 86.7 Å². The van der Waals surface area contributed by atoms with Gasteiger partial charge in [0.1, 0.15) is 29.5 Å². The van der Waals surface area contributed by atoms with Crippen LogP contribution in [-0.2, 0) is 20.7 Å². The molecule has 1 heterocycles. The number of ether oxygens (including phenoxy) is 3. The number of rotatable bonds is 5. The number of carbonyl (C=O) groups excluding carboxylic acids is 3. The van der Waals surface area contributed by atoms with Crippen molar-refractivity contribution in [1.82, 2.24) is 0 Å². The fraction of sp³-hybridized carbons (Fsp3) is 0.444. The van der Waals surface area contributed by atoms with Crippen LogP contribution in [0.3, 0.4) is 0 Å². The Bertz CT molecular complexity index is 1380. The van der Waals surface area contributed by atoms with Crippen molar-refractivity contribution in [3.05, 3.63) is 51.6 Å². The highest BCUT2D eigenvalue weighted by Crippen LogP contribution is 2.52. The Morgan fingerprint density at radius 2 is 1.85 bits per heavy atom. The van der Waals surface area contributed by atoms with Crippen LogP contribution in [0.4, 0.5) is 0 Å². The molecule has 6 atom stereocenters. The molecule has 3 aliphatic rings. The summed E-state index contributed by atoms with van der Waals surface area (Å²) in [4.78, 5) is 39.7. The smallest absolute Gasteiger partial charge is 0.202 e. The van der Waals surface area contributed by atoms with E-state index >= 15 is 0 Å². The summed E-state index contributed by atoms with van der Waals surface area (Å²) in [5.74, 6) is -3.77. The Balaban J connectivity index is 1.69. The minimum atomic E-state index is -2.24. The number of methoxy groups -OCH3 is 1. The second-order valence-electron chi connectivity index (χ2n) is 10.2. The lowest BCUT2D eigenvalue weighted by Crippen LogP contribution is -2.53. The first kappa shape index (κ1) is 27.2. The van der Waals surface area contributed by atoms with Gasteiger partial charge in [0.25, 0.3) is 0 Å². The van der Waals surface area contributed by atoms with E-state index in [1.54, 1.807) is 6.92 Å². The zero-order valence-corrected chi connectivity index (χ0v) is 21.2. The van der Waals surface area contributed by atoms with Gasteiger partial charge in [0.2, 0.25) is 5.78 Å². The summed E-state index contributed by atoms with van der Waals surface area (Å²) in [6.07, 6.45) is -5.12. The SMILES string of the molecule is COc1cccc2c1C(=O)c1c(O)c3c(c(O)c1C2=O)C[C@@](O)(C(=O)CO)C[C@@H]3O[C@H]1C[C@H](N)C(O)C(C)O1. The molecule has 1 aliphatic heterocycles. The number of carbonyl (C=O) groups is 3. The molecule has 2 aliphatic carbocycles. The second-order valence-corrected chi connectivity index (χ2v) is 10.2. The van der Waals surface area contributed by atoms with E-state index in [-0.39, 0.29) is 34.4 Å². The average Bonchev–Trinajstić information content (AvgIpc) is 2.90. The molecule has 7 N–H and O–H groups in total. The van der Waals surface area contributed by atoms with Crippen LogP contribution in [0.15, 0.2) is 18.2 Å². The van der Waals surface area contributed by atoms with Crippen LogP contribution in [0.5, 0.6) is 17.2 Å². The van der Waals surface area contributed by atoms with Crippen LogP contribution < -0.4 is 10.5 Å². The number of hydrogen-bond donors (Lipinski definition) is 6. The lowest BCUT2D eigenvalue weighted by atomic mass is 9.72. The number of fused-ring (bicyclic) bond motifs is 3. The summed E-state index contributed by atoms with van der Waals surface area (Å²) in [6.45, 7) is 0.560. The van der Waals surface area contributed by atoms with Gasteiger partial charge < -0.3 is 45.5 Å². The van der Waals surface area contributed by atoms with E-state index in [9.17, 15) is 39.9 Å². The molecule has 12 nitrogen and oxygen atoms in total. The summed E-state index contributed by atoms with van der Waals surface area (Å²) < 4.78 is 17.0. The van der Waals surface area contributed by atoms with Crippen LogP contribution in [0.2, 0.25) is 0 Å². The summed E-state index contributed by atoms with van der Waals surface area (Å²) in [7, 11) is 1.32. The highest BCUT2D eigenvalue weighted by atomic mass is 16.7. The molecule has 0 saturated carbocycles. The number of aromatic hydroxyl groups is 2. The molecule has 5 rings (SSSR count). The van der Waals surface area contributed by atoms with Gasteiger partial charge in [-0.1, -0.05) is 12.1 Å². The van der Waals surface area contributed by atoms with Crippen LogP contribution in [0.1, 0.15) is 68.8 Å². The number of aliphatic hydroxyl groups is 3. The fourth-order valence-corrected chi connectivity index (χ4v) is 5.75. The highest BCUT2D eigenvalue weighted by Gasteiger charge is 2.50. The Labute approximate surface area is 222 Å². The predicted octanol–water partition coefficient (Wildman–Crippen LogP) is 0.00130. The third kappa shape index (κ3) is 4.11. The number of phenols is 2. The predicted molar refractivity (Wildman–Crippen MR) is 132 cm³/mol. The highest BCUT2D eigenvalue weighted by molar-refractivity contribution is 6.31. The van der Waals surface area contributed by atoms with Crippen molar-refractivity contribution in [2.75, 3.05) is 13.7 Å². The number of nitrogens with two attached hydrogens (primary N) is 1. The van der Waals surface area contributed by atoms with Crippen LogP contribution >= 0.6 is 0 Å². The maximum Gasteiger partial charge on any atom is 0.202 e. The van der Waals surface area contributed by atoms with E-state index in [2.05, 4.69) is 0 Å². The normalized spacial score (nSPS) is 29.8. The third-order valence-electron chi connectivity index (χ3n) is 7.81. The molecule has 208 valence electrons. The first-order chi connectivity index (χ1) is 18.4. The zero-order valence-electron chi connectivity index (χ0n) is 21.2. The third-order valence-corrected chi connectivity index (χ3v) is 7.81. The van der Waals surface area contributed by atoms with Gasteiger partial charge in [0, 0.05) is 42.0 Å². The van der Waals surface area contributed by atoms with E-state index in [1.807, 2.05) is 0 Å². The molecule has 2 aromatic carbocycles. The summed E-state index contributed by atoms with van der Waals surface area (Å²) in [5, 5.41) is 53.7. The molecule has 12 heteroatoms. The largest absolute Gasteiger partial charge is 0.507 e. The number of phenolic OH excluding ortho intramolecular Hbond substituents is 2. The van der Waals surface area contributed by atoms with Crippen molar-refractivity contribution in [2.45, 2.75) is 62.4 Å². The van der Waals surface area contributed by atoms with Crippen molar-refractivity contribution in [1.29, 1.82) is 0 Å². The monoisotopic (exact) mass is 543 g/mol. The standard InChI is InChI=1S/C27H29NO11/c1-10-22(31)13(28)6-17(38-10)39-15-8-27(36,16(30)9-29)7-12-19(15)26(35)21-20(24(12)33)23(32)11-4-3-5-14(37-2)18(11)25(21)34/h3-5,10,13,15,17,22,29,31,33,35-36H,6-9,28H2,1-2H3/t10?,13-,15-,17-,22?,27-/m0/s1. The van der Waals surface area contributed by atoms with Gasteiger partial charge in [-0.05, 0) is 13.0 Å². The molecule has 0 radical (unpaired) electrons. The average molecular weight is 544 g/mol. The maximum absolute atomic E-state index is 13.6. The number of benzene rings is 2. The van der Waals surface area contributed by atoms with E-state index in [1.165, 1.54) is 25.3 Å². The number of ketones is 3. The van der Waals surface area contributed by atoms with Crippen molar-refractivity contribution < 1.29 is 54.1 Å². The Morgan fingerprint density at radius 1 is 1.15 bits per heavy atom. The molecule has 0 bridgehead atoms. The molecule has 39 heavy (non-hydrogen) atoms. The second kappa shape index (κ2) is 9.66. The summed E-state index contributed by atoms with van der Waals surface area (Å²) in [6, 6.07) is 3.64. The van der Waals surface area contributed by atoms with Crippen LogP contribution in [0, 0.1) is 0 Å². The van der Waals surface area contributed by atoms with Crippen molar-refractivity contribution in [3.8, 4) is 17.2 Å². The van der Waals surface area contributed by atoms with Crippen molar-refractivity contribution in [3.63, 3.8) is 0 Å². The zero-order chi connectivity index (χ0) is 28.4. The van der Waals surface area contributed by atoms with Gasteiger partial charge in [-0.15, -0.1) is 0 Å². The van der Waals surface area contributed by atoms with Gasteiger partial charge >= 0.3 is 0 Å². The minimum Gasteiger partial charge on any atom is -0.507 e. The van der Waals surface area contributed by atoms with Gasteiger partial charge in [0.05, 0.1) is 42.1 Å². The lowest BCUT2D eigenvalue weighted by Gasteiger charge is -2.42. The summed E-state index contributed by atoms with van der Waals surface area (Å²) in [5.41, 5.74) is 2.37. The number of hydrogen-bond acceptors (Lipinski definition) is 12. The molecule has 1 saturated heterocycles. The van der Waals surface area contributed by atoms with E-state index < -0.39 is 95.7 Å². The van der Waals surface area contributed by atoms with Gasteiger partial charge in [0.15, 0.2) is 17.9 Å². The minimum absolute atomic E-state index is 0.0173. The van der Waals surface area contributed by atoms with E-state index in [0.717, 1.165) is 0 Å².